The third kappa shape index (κ3) is 3.62. The Morgan fingerprint density at radius 3 is 2.38 bits per heavy atom. The molecule has 3 nitrogen and oxygen atoms in total. The van der Waals surface area contributed by atoms with Crippen LogP contribution in [0, 0.1) is 0 Å². The molecule has 2 aromatic rings. The molecule has 0 amide bonds. The predicted molar refractivity (Wildman–Crippen MR) is 111 cm³/mol. The van der Waals surface area contributed by atoms with Gasteiger partial charge in [-0.25, -0.2) is 0 Å². The van der Waals surface area contributed by atoms with Crippen LogP contribution in [0.5, 0.6) is 0 Å². The van der Waals surface area contributed by atoms with Crippen molar-refractivity contribution in [1.29, 1.82) is 0 Å². The van der Waals surface area contributed by atoms with E-state index < -0.39 is 0 Å². The molecule has 3 heteroatoms. The summed E-state index contributed by atoms with van der Waals surface area (Å²) in [5, 5.41) is 7.52. The lowest BCUT2D eigenvalue weighted by Crippen LogP contribution is -2.54. The maximum atomic E-state index is 5.17. The van der Waals surface area contributed by atoms with Crippen molar-refractivity contribution in [1.82, 2.24) is 0 Å². The van der Waals surface area contributed by atoms with Gasteiger partial charge in [0.05, 0.1) is 16.9 Å². The van der Waals surface area contributed by atoms with Gasteiger partial charge >= 0.3 is 0 Å². The Balaban J connectivity index is 1.54. The fourth-order valence-corrected chi connectivity index (χ4v) is 4.24. The molecule has 1 saturated carbocycles. The van der Waals surface area contributed by atoms with Gasteiger partial charge in [0.1, 0.15) is 5.84 Å². The first-order chi connectivity index (χ1) is 12.8. The zero-order valence-corrected chi connectivity index (χ0v) is 15.7. The molecular weight excluding hydrogens is 318 g/mol. The third-order valence-electron chi connectivity index (χ3n) is 5.76. The van der Waals surface area contributed by atoms with Gasteiger partial charge in [-0.05, 0) is 50.3 Å². The summed E-state index contributed by atoms with van der Waals surface area (Å²) in [6.45, 7) is 2.24. The van der Waals surface area contributed by atoms with Crippen molar-refractivity contribution in [3.8, 4) is 0 Å². The second kappa shape index (κ2) is 7.53. The van der Waals surface area contributed by atoms with Gasteiger partial charge in [-0.15, -0.1) is 0 Å². The molecule has 136 valence electrons. The Morgan fingerprint density at radius 2 is 1.62 bits per heavy atom. The fraction of sp³-hybridized carbons (Fsp3) is 0.435. The van der Waals surface area contributed by atoms with Crippen molar-refractivity contribution in [3.63, 3.8) is 0 Å². The summed E-state index contributed by atoms with van der Waals surface area (Å²) >= 11 is 0. The highest BCUT2D eigenvalue weighted by atomic mass is 15.2. The molecule has 1 heterocycles. The second-order valence-electron chi connectivity index (χ2n) is 7.79. The van der Waals surface area contributed by atoms with Crippen LogP contribution in [0.3, 0.4) is 0 Å². The minimum atomic E-state index is -0.00634. The van der Waals surface area contributed by atoms with E-state index in [-0.39, 0.29) is 5.54 Å². The Hall–Kier alpha value is -2.29. The monoisotopic (exact) mass is 347 g/mol. The number of nitrogens with zero attached hydrogens (tertiary/aromatic N) is 1. The summed E-state index contributed by atoms with van der Waals surface area (Å²) in [6.07, 6.45) is 8.37. The van der Waals surface area contributed by atoms with Gasteiger partial charge in [0.25, 0.3) is 0 Å². The summed E-state index contributed by atoms with van der Waals surface area (Å²) in [5.74, 6) is 1.15. The number of benzene rings is 2. The number of rotatable bonds is 4. The van der Waals surface area contributed by atoms with E-state index in [2.05, 4.69) is 72.2 Å². The topological polar surface area (TPSA) is 36.4 Å². The summed E-state index contributed by atoms with van der Waals surface area (Å²) in [5.41, 5.74) is 3.75. The van der Waals surface area contributed by atoms with Gasteiger partial charge in [-0.2, -0.15) is 0 Å². The standard InChI is InChI=1S/C23H29N3/c1-18(14-15-19-10-4-2-5-11-19)24-22-23(16-8-3-9-17-23)26-21-13-7-6-12-20(21)25-22/h2,4-7,10-13,18,26H,3,8-9,14-17H2,1H3,(H,24,25). The highest BCUT2D eigenvalue weighted by Gasteiger charge is 2.40. The molecule has 1 unspecified atom stereocenters. The Kier molecular flexibility index (Phi) is 4.96. The van der Waals surface area contributed by atoms with E-state index in [1.54, 1.807) is 0 Å². The molecule has 0 saturated heterocycles. The van der Waals surface area contributed by atoms with Crippen molar-refractivity contribution in [3.05, 3.63) is 60.2 Å². The van der Waals surface area contributed by atoms with Crippen LogP contribution < -0.4 is 10.6 Å². The molecule has 1 aliphatic carbocycles. The van der Waals surface area contributed by atoms with Crippen LogP contribution in [0.1, 0.15) is 51.0 Å². The third-order valence-corrected chi connectivity index (χ3v) is 5.76. The number of hydrogen-bond donors (Lipinski definition) is 2. The Morgan fingerprint density at radius 1 is 0.923 bits per heavy atom. The summed E-state index contributed by atoms with van der Waals surface area (Å²) in [6, 6.07) is 19.5. The molecule has 2 N–H and O–H groups in total. The van der Waals surface area contributed by atoms with Crippen molar-refractivity contribution >= 4 is 17.2 Å². The number of anilines is 2. The average Bonchev–Trinajstić information content (AvgIpc) is 2.68. The molecule has 2 aliphatic rings. The van der Waals surface area contributed by atoms with E-state index in [9.17, 15) is 0 Å². The molecule has 1 atom stereocenters. The fourth-order valence-electron chi connectivity index (χ4n) is 4.24. The quantitative estimate of drug-likeness (QED) is 0.750. The minimum Gasteiger partial charge on any atom is -0.371 e. The first-order valence-electron chi connectivity index (χ1n) is 10.0. The van der Waals surface area contributed by atoms with Gasteiger partial charge in [0.15, 0.2) is 0 Å². The smallest absolute Gasteiger partial charge is 0.127 e. The first-order valence-corrected chi connectivity index (χ1v) is 10.0. The zero-order valence-electron chi connectivity index (χ0n) is 15.7. The number of aliphatic imine (C=N–C) groups is 1. The van der Waals surface area contributed by atoms with Crippen LogP contribution in [0.4, 0.5) is 11.4 Å². The van der Waals surface area contributed by atoms with Gasteiger partial charge in [0.2, 0.25) is 0 Å². The van der Waals surface area contributed by atoms with Crippen molar-refractivity contribution < 1.29 is 0 Å². The van der Waals surface area contributed by atoms with Crippen LogP contribution in [0.15, 0.2) is 59.6 Å². The van der Waals surface area contributed by atoms with E-state index in [0.717, 1.165) is 24.4 Å². The highest BCUT2D eigenvalue weighted by molar-refractivity contribution is 6.09. The molecule has 0 bridgehead atoms. The van der Waals surface area contributed by atoms with E-state index in [1.165, 1.54) is 43.4 Å². The van der Waals surface area contributed by atoms with Gasteiger partial charge in [0, 0.05) is 6.04 Å². The molecule has 1 spiro atoms. The number of nitrogens with one attached hydrogen (secondary N) is 2. The molecule has 1 fully saturated rings. The lowest BCUT2D eigenvalue weighted by Gasteiger charge is -2.44. The number of amidine groups is 1. The molecule has 1 aliphatic heterocycles. The van der Waals surface area contributed by atoms with Crippen LogP contribution in [-0.4, -0.2) is 17.4 Å². The largest absolute Gasteiger partial charge is 0.371 e. The number of aryl methyl sites for hydroxylation is 1. The number of para-hydroxylation sites is 2. The number of hydrogen-bond acceptors (Lipinski definition) is 2. The summed E-state index contributed by atoms with van der Waals surface area (Å²) < 4.78 is 0. The van der Waals surface area contributed by atoms with Crippen molar-refractivity contribution in [2.75, 3.05) is 10.6 Å². The van der Waals surface area contributed by atoms with E-state index in [0.29, 0.717) is 6.04 Å². The van der Waals surface area contributed by atoms with E-state index >= 15 is 0 Å². The van der Waals surface area contributed by atoms with Gasteiger partial charge < -0.3 is 10.6 Å². The van der Waals surface area contributed by atoms with Gasteiger partial charge in [-0.3, -0.25) is 4.99 Å². The molecule has 0 radical (unpaired) electrons. The molecule has 4 rings (SSSR count). The molecular formula is C23H29N3. The van der Waals surface area contributed by atoms with Crippen LogP contribution >= 0.6 is 0 Å². The van der Waals surface area contributed by atoms with Crippen molar-refractivity contribution in [2.24, 2.45) is 4.99 Å². The minimum absolute atomic E-state index is 0.00634. The van der Waals surface area contributed by atoms with Crippen LogP contribution in [0.25, 0.3) is 0 Å². The highest BCUT2D eigenvalue weighted by Crippen LogP contribution is 2.39. The molecule has 26 heavy (non-hydrogen) atoms. The number of fused-ring (bicyclic) bond motifs is 1. The summed E-state index contributed by atoms with van der Waals surface area (Å²) in [7, 11) is 0. The normalized spacial score (nSPS) is 20.9. The molecule has 0 aromatic heterocycles. The Labute approximate surface area is 156 Å². The molecule has 2 aromatic carbocycles. The van der Waals surface area contributed by atoms with Crippen LogP contribution in [0.2, 0.25) is 0 Å². The van der Waals surface area contributed by atoms with Gasteiger partial charge in [-0.1, -0.05) is 61.7 Å². The second-order valence-corrected chi connectivity index (χ2v) is 7.79. The lowest BCUT2D eigenvalue weighted by atomic mass is 9.79. The maximum absolute atomic E-state index is 5.17. The lowest BCUT2D eigenvalue weighted by molar-refractivity contribution is 0.401. The van der Waals surface area contributed by atoms with E-state index in [1.807, 2.05) is 0 Å². The maximum Gasteiger partial charge on any atom is 0.127 e. The average molecular weight is 348 g/mol. The van der Waals surface area contributed by atoms with Crippen molar-refractivity contribution in [2.45, 2.75) is 63.5 Å². The van der Waals surface area contributed by atoms with E-state index in [4.69, 9.17) is 4.99 Å². The first kappa shape index (κ1) is 17.1. The SMILES string of the molecule is CC(CCc1ccccc1)N=C1Nc2ccccc2NC12CCCCC2. The Bertz CT molecular complexity index is 760. The van der Waals surface area contributed by atoms with Crippen LogP contribution in [-0.2, 0) is 6.42 Å². The zero-order chi connectivity index (χ0) is 17.8. The summed E-state index contributed by atoms with van der Waals surface area (Å²) in [4.78, 5) is 5.17. The predicted octanol–water partition coefficient (Wildman–Crippen LogP) is 5.65.